The summed E-state index contributed by atoms with van der Waals surface area (Å²) in [6.45, 7) is 4.38. The fourth-order valence-electron chi connectivity index (χ4n) is 2.98. The molecule has 1 N–H and O–H groups in total. The molecule has 17 heavy (non-hydrogen) atoms. The maximum Gasteiger partial charge on any atom is 0.0462 e. The third-order valence-corrected chi connectivity index (χ3v) is 3.99. The smallest absolute Gasteiger partial charge is 0.0462 e. The Morgan fingerprint density at radius 3 is 2.59 bits per heavy atom. The summed E-state index contributed by atoms with van der Waals surface area (Å²) in [7, 11) is 1.80. The zero-order valence-corrected chi connectivity index (χ0v) is 11.8. The van der Waals surface area contributed by atoms with Gasteiger partial charge in [0.2, 0.25) is 0 Å². The molecule has 102 valence electrons. The van der Waals surface area contributed by atoms with Crippen molar-refractivity contribution >= 4 is 0 Å². The first-order valence-electron chi connectivity index (χ1n) is 7.60. The first-order valence-corrected chi connectivity index (χ1v) is 7.60. The van der Waals surface area contributed by atoms with Gasteiger partial charge in [0.05, 0.1) is 0 Å². The van der Waals surface area contributed by atoms with Crippen LogP contribution in [0, 0.1) is 5.92 Å². The topological polar surface area (TPSA) is 21.3 Å². The summed E-state index contributed by atoms with van der Waals surface area (Å²) >= 11 is 0. The first-order chi connectivity index (χ1) is 8.38. The van der Waals surface area contributed by atoms with E-state index < -0.39 is 0 Å². The predicted octanol–water partition coefficient (Wildman–Crippen LogP) is 3.75. The number of ether oxygens (including phenoxy) is 1. The summed E-state index contributed by atoms with van der Waals surface area (Å²) in [5.74, 6) is 0.962. The van der Waals surface area contributed by atoms with Gasteiger partial charge in [-0.3, -0.25) is 0 Å². The fraction of sp³-hybridized carbons (Fsp3) is 1.00. The SMILES string of the molecule is CCCNC(CCCCCOC)C1CCCC1. The molecule has 0 amide bonds. The molecular formula is C15H31NO. The van der Waals surface area contributed by atoms with Crippen LogP contribution in [-0.2, 0) is 4.74 Å². The van der Waals surface area contributed by atoms with Crippen LogP contribution in [0.25, 0.3) is 0 Å². The van der Waals surface area contributed by atoms with E-state index in [2.05, 4.69) is 12.2 Å². The monoisotopic (exact) mass is 241 g/mol. The van der Waals surface area contributed by atoms with E-state index in [1.165, 1.54) is 64.3 Å². The van der Waals surface area contributed by atoms with Gasteiger partial charge in [0.25, 0.3) is 0 Å². The van der Waals surface area contributed by atoms with Crippen LogP contribution in [0.3, 0.4) is 0 Å². The zero-order chi connectivity index (χ0) is 12.3. The Balaban J connectivity index is 2.15. The van der Waals surface area contributed by atoms with E-state index in [0.717, 1.165) is 18.6 Å². The molecule has 0 spiro atoms. The fourth-order valence-corrected chi connectivity index (χ4v) is 2.98. The minimum Gasteiger partial charge on any atom is -0.385 e. The molecule has 0 saturated heterocycles. The molecule has 0 aromatic carbocycles. The van der Waals surface area contributed by atoms with Crippen LogP contribution in [0.15, 0.2) is 0 Å². The summed E-state index contributed by atoms with van der Waals surface area (Å²) in [4.78, 5) is 0. The lowest BCUT2D eigenvalue weighted by Crippen LogP contribution is -2.35. The van der Waals surface area contributed by atoms with Crippen LogP contribution < -0.4 is 5.32 Å². The van der Waals surface area contributed by atoms with Gasteiger partial charge in [-0.05, 0) is 44.6 Å². The lowest BCUT2D eigenvalue weighted by atomic mass is 9.93. The average Bonchev–Trinajstić information content (AvgIpc) is 2.86. The van der Waals surface area contributed by atoms with Crippen molar-refractivity contribution in [3.63, 3.8) is 0 Å². The lowest BCUT2D eigenvalue weighted by Gasteiger charge is -2.24. The summed E-state index contributed by atoms with van der Waals surface area (Å²) in [6, 6.07) is 0.792. The number of hydrogen-bond donors (Lipinski definition) is 1. The van der Waals surface area contributed by atoms with Gasteiger partial charge < -0.3 is 10.1 Å². The molecule has 1 aliphatic rings. The van der Waals surface area contributed by atoms with Crippen LogP contribution in [0.2, 0.25) is 0 Å². The molecule has 1 atom stereocenters. The molecule has 1 fully saturated rings. The summed E-state index contributed by atoms with van der Waals surface area (Å²) in [5.41, 5.74) is 0. The number of hydrogen-bond acceptors (Lipinski definition) is 2. The highest BCUT2D eigenvalue weighted by molar-refractivity contribution is 4.80. The molecule has 1 aliphatic carbocycles. The second-order valence-electron chi connectivity index (χ2n) is 5.45. The Bertz CT molecular complexity index is 166. The summed E-state index contributed by atoms with van der Waals surface area (Å²) in [5, 5.41) is 3.77. The Morgan fingerprint density at radius 1 is 1.18 bits per heavy atom. The third-order valence-electron chi connectivity index (χ3n) is 3.99. The van der Waals surface area contributed by atoms with Crippen molar-refractivity contribution in [2.75, 3.05) is 20.3 Å². The molecule has 0 heterocycles. The largest absolute Gasteiger partial charge is 0.385 e. The van der Waals surface area contributed by atoms with E-state index >= 15 is 0 Å². The molecule has 1 unspecified atom stereocenters. The molecule has 0 radical (unpaired) electrons. The van der Waals surface area contributed by atoms with E-state index in [-0.39, 0.29) is 0 Å². The average molecular weight is 241 g/mol. The van der Waals surface area contributed by atoms with Gasteiger partial charge in [0, 0.05) is 19.8 Å². The van der Waals surface area contributed by atoms with E-state index in [0.29, 0.717) is 0 Å². The third kappa shape index (κ3) is 6.42. The Hall–Kier alpha value is -0.0800. The molecule has 2 heteroatoms. The highest BCUT2D eigenvalue weighted by atomic mass is 16.5. The Kier molecular flexibility index (Phi) is 8.72. The van der Waals surface area contributed by atoms with Crippen LogP contribution in [0.4, 0.5) is 0 Å². The van der Waals surface area contributed by atoms with Gasteiger partial charge in [0.1, 0.15) is 0 Å². The second kappa shape index (κ2) is 9.90. The van der Waals surface area contributed by atoms with Crippen LogP contribution >= 0.6 is 0 Å². The quantitative estimate of drug-likeness (QED) is 0.588. The number of nitrogens with one attached hydrogen (secondary N) is 1. The minimum atomic E-state index is 0.792. The number of rotatable bonds is 10. The molecule has 2 nitrogen and oxygen atoms in total. The van der Waals surface area contributed by atoms with E-state index in [4.69, 9.17) is 4.74 Å². The van der Waals surface area contributed by atoms with Crippen molar-refractivity contribution < 1.29 is 4.74 Å². The normalized spacial score (nSPS) is 18.7. The van der Waals surface area contributed by atoms with Crippen LogP contribution in [0.1, 0.15) is 64.7 Å². The van der Waals surface area contributed by atoms with Gasteiger partial charge in [-0.15, -0.1) is 0 Å². The van der Waals surface area contributed by atoms with Crippen molar-refractivity contribution in [1.29, 1.82) is 0 Å². The van der Waals surface area contributed by atoms with Gasteiger partial charge in [-0.25, -0.2) is 0 Å². The minimum absolute atomic E-state index is 0.792. The number of methoxy groups -OCH3 is 1. The van der Waals surface area contributed by atoms with E-state index in [1.54, 1.807) is 7.11 Å². The number of unbranched alkanes of at least 4 members (excludes halogenated alkanes) is 2. The molecule has 1 rings (SSSR count). The predicted molar refractivity (Wildman–Crippen MR) is 74.4 cm³/mol. The van der Waals surface area contributed by atoms with Crippen molar-refractivity contribution in [3.8, 4) is 0 Å². The lowest BCUT2D eigenvalue weighted by molar-refractivity contribution is 0.191. The van der Waals surface area contributed by atoms with Crippen molar-refractivity contribution in [1.82, 2.24) is 5.32 Å². The molecule has 0 aromatic rings. The van der Waals surface area contributed by atoms with Crippen molar-refractivity contribution in [2.45, 2.75) is 70.8 Å². The Labute approximate surface area is 108 Å². The summed E-state index contributed by atoms with van der Waals surface area (Å²) < 4.78 is 5.10. The van der Waals surface area contributed by atoms with Gasteiger partial charge in [-0.1, -0.05) is 32.6 Å². The van der Waals surface area contributed by atoms with Crippen LogP contribution in [-0.4, -0.2) is 26.3 Å². The first kappa shape index (κ1) is 15.0. The van der Waals surface area contributed by atoms with Gasteiger partial charge in [-0.2, -0.15) is 0 Å². The van der Waals surface area contributed by atoms with E-state index in [1.807, 2.05) is 0 Å². The standard InChI is InChI=1S/C15H31NO/c1-3-12-16-15(14-9-6-7-10-14)11-5-4-8-13-17-2/h14-16H,3-13H2,1-2H3. The van der Waals surface area contributed by atoms with Gasteiger partial charge in [0.15, 0.2) is 0 Å². The highest BCUT2D eigenvalue weighted by Gasteiger charge is 2.23. The maximum absolute atomic E-state index is 5.10. The molecule has 0 bridgehead atoms. The molecule has 0 aliphatic heterocycles. The van der Waals surface area contributed by atoms with Crippen molar-refractivity contribution in [3.05, 3.63) is 0 Å². The highest BCUT2D eigenvalue weighted by Crippen LogP contribution is 2.29. The van der Waals surface area contributed by atoms with Gasteiger partial charge >= 0.3 is 0 Å². The maximum atomic E-state index is 5.10. The van der Waals surface area contributed by atoms with Crippen molar-refractivity contribution in [2.24, 2.45) is 5.92 Å². The zero-order valence-electron chi connectivity index (χ0n) is 11.8. The molecule has 1 saturated carbocycles. The summed E-state index contributed by atoms with van der Waals surface area (Å²) in [6.07, 6.45) is 12.4. The van der Waals surface area contributed by atoms with Crippen LogP contribution in [0.5, 0.6) is 0 Å². The second-order valence-corrected chi connectivity index (χ2v) is 5.45. The van der Waals surface area contributed by atoms with E-state index in [9.17, 15) is 0 Å². The molecule has 0 aromatic heterocycles. The molecular weight excluding hydrogens is 210 g/mol. The Morgan fingerprint density at radius 2 is 1.94 bits per heavy atom.